The molecule has 2 rings (SSSR count). The second kappa shape index (κ2) is 5.96. The van der Waals surface area contributed by atoms with Gasteiger partial charge in [-0.3, -0.25) is 0 Å². The minimum absolute atomic E-state index is 0.244. The van der Waals surface area contributed by atoms with Crippen molar-refractivity contribution in [3.63, 3.8) is 0 Å². The molecule has 0 fully saturated rings. The molecule has 102 valence electrons. The molecule has 2 heterocycles. The van der Waals surface area contributed by atoms with E-state index in [4.69, 9.17) is 11.6 Å². The molecule has 0 unspecified atom stereocenters. The van der Waals surface area contributed by atoms with Gasteiger partial charge in [0.05, 0.1) is 4.34 Å². The lowest BCUT2D eigenvalue weighted by Crippen LogP contribution is -2.28. The third kappa shape index (κ3) is 3.50. The van der Waals surface area contributed by atoms with E-state index in [1.807, 2.05) is 0 Å². The first-order valence-electron chi connectivity index (χ1n) is 5.48. The van der Waals surface area contributed by atoms with Gasteiger partial charge < -0.3 is 0 Å². The highest BCUT2D eigenvalue weighted by Crippen LogP contribution is 2.27. The van der Waals surface area contributed by atoms with Crippen LogP contribution in [0.4, 0.5) is 0 Å². The number of hydrogen-bond acceptors (Lipinski definition) is 5. The Bertz CT molecular complexity index is 643. The molecule has 0 spiro atoms. The van der Waals surface area contributed by atoms with Gasteiger partial charge in [-0.25, -0.2) is 18.4 Å². The summed E-state index contributed by atoms with van der Waals surface area (Å²) >= 11 is 6.81. The lowest BCUT2D eigenvalue weighted by atomic mass is 10.4. The Labute approximate surface area is 120 Å². The fourth-order valence-corrected chi connectivity index (χ4v) is 4.29. The van der Waals surface area contributed by atoms with E-state index in [2.05, 4.69) is 9.97 Å². The van der Waals surface area contributed by atoms with Crippen molar-refractivity contribution in [1.82, 2.24) is 14.3 Å². The largest absolute Gasteiger partial charge is 0.252 e. The Kier molecular flexibility index (Phi) is 4.51. The molecule has 0 saturated heterocycles. The fraction of sp³-hybridized carbons (Fsp3) is 0.273. The molecule has 0 aliphatic heterocycles. The molecule has 0 atom stereocenters. The Morgan fingerprint density at radius 2 is 2.00 bits per heavy atom. The summed E-state index contributed by atoms with van der Waals surface area (Å²) < 4.78 is 26.4. The highest BCUT2D eigenvalue weighted by Gasteiger charge is 2.22. The second-order valence-corrected chi connectivity index (χ2v) is 7.79. The first kappa shape index (κ1) is 14.4. The summed E-state index contributed by atoms with van der Waals surface area (Å²) in [5, 5.41) is 0. The zero-order valence-corrected chi connectivity index (χ0v) is 12.5. The molecule has 0 amide bonds. The van der Waals surface area contributed by atoms with Crippen LogP contribution < -0.4 is 0 Å². The maximum atomic E-state index is 12.2. The van der Waals surface area contributed by atoms with E-state index >= 15 is 0 Å². The van der Waals surface area contributed by atoms with Crippen LogP contribution in [0.25, 0.3) is 0 Å². The van der Waals surface area contributed by atoms with Crippen molar-refractivity contribution in [3.05, 3.63) is 40.8 Å². The Hall–Kier alpha value is -1.02. The Morgan fingerprint density at radius 3 is 2.58 bits per heavy atom. The van der Waals surface area contributed by atoms with Crippen LogP contribution in [0.3, 0.4) is 0 Å². The lowest BCUT2D eigenvalue weighted by molar-refractivity contribution is 0.470. The predicted molar refractivity (Wildman–Crippen MR) is 74.9 cm³/mol. The molecule has 0 N–H and O–H groups in total. The van der Waals surface area contributed by atoms with Crippen molar-refractivity contribution in [2.24, 2.45) is 0 Å². The molecular formula is C11H12ClN3O2S2. The Morgan fingerprint density at radius 1 is 1.32 bits per heavy atom. The number of likely N-dealkylation sites (N-methyl/N-ethyl adjacent to an activating group) is 1. The van der Waals surface area contributed by atoms with Crippen LogP contribution in [-0.4, -0.2) is 36.3 Å². The van der Waals surface area contributed by atoms with Gasteiger partial charge in [-0.2, -0.15) is 4.31 Å². The molecular weight excluding hydrogens is 306 g/mol. The first-order chi connectivity index (χ1) is 9.00. The molecule has 0 aliphatic rings. The summed E-state index contributed by atoms with van der Waals surface area (Å²) in [6, 6.07) is 4.81. The average molecular weight is 318 g/mol. The smallest absolute Gasteiger partial charge is 0.241 e. The van der Waals surface area contributed by atoms with E-state index in [1.165, 1.54) is 17.4 Å². The first-order valence-corrected chi connectivity index (χ1v) is 8.11. The van der Waals surface area contributed by atoms with Gasteiger partial charge in [0.1, 0.15) is 10.0 Å². The van der Waals surface area contributed by atoms with Crippen LogP contribution in [0.2, 0.25) is 4.34 Å². The van der Waals surface area contributed by atoms with E-state index < -0.39 is 10.0 Å². The standard InChI is InChI=1S/C11H12ClN3O2S2/c1-15(8-5-10-13-6-2-7-14-10)19(16,17)11-4-3-9(12)18-11/h2-4,6-7H,5,8H2,1H3. The van der Waals surface area contributed by atoms with Gasteiger partial charge in [0.2, 0.25) is 0 Å². The summed E-state index contributed by atoms with van der Waals surface area (Å²) in [7, 11) is -1.94. The topological polar surface area (TPSA) is 63.2 Å². The third-order valence-corrected chi connectivity index (χ3v) is 6.04. The monoisotopic (exact) mass is 317 g/mol. The summed E-state index contributed by atoms with van der Waals surface area (Å²) in [6.07, 6.45) is 3.74. The minimum Gasteiger partial charge on any atom is -0.241 e. The highest BCUT2D eigenvalue weighted by molar-refractivity contribution is 7.91. The molecule has 8 heteroatoms. The highest BCUT2D eigenvalue weighted by atomic mass is 35.5. The lowest BCUT2D eigenvalue weighted by Gasteiger charge is -2.15. The number of thiophene rings is 1. The van der Waals surface area contributed by atoms with Gasteiger partial charge in [0.25, 0.3) is 10.0 Å². The Balaban J connectivity index is 2.05. The summed E-state index contributed by atoms with van der Waals surface area (Å²) in [4.78, 5) is 8.12. The molecule has 0 saturated carbocycles. The third-order valence-electron chi connectivity index (χ3n) is 2.48. The van der Waals surface area contributed by atoms with Crippen molar-refractivity contribution in [1.29, 1.82) is 0 Å². The van der Waals surface area contributed by atoms with Gasteiger partial charge in [0, 0.05) is 32.4 Å². The fourth-order valence-electron chi connectivity index (χ4n) is 1.43. The van der Waals surface area contributed by atoms with Crippen LogP contribution in [0.1, 0.15) is 5.82 Å². The molecule has 19 heavy (non-hydrogen) atoms. The quantitative estimate of drug-likeness (QED) is 0.846. The molecule has 5 nitrogen and oxygen atoms in total. The van der Waals surface area contributed by atoms with Gasteiger partial charge in [0.15, 0.2) is 0 Å². The van der Waals surface area contributed by atoms with Crippen molar-refractivity contribution in [3.8, 4) is 0 Å². The van der Waals surface area contributed by atoms with Crippen molar-refractivity contribution in [2.75, 3.05) is 13.6 Å². The number of rotatable bonds is 5. The predicted octanol–water partition coefficient (Wildman–Crippen LogP) is 2.05. The van der Waals surface area contributed by atoms with E-state index in [9.17, 15) is 8.42 Å². The van der Waals surface area contributed by atoms with Crippen LogP contribution in [0.15, 0.2) is 34.8 Å². The van der Waals surface area contributed by atoms with E-state index in [1.54, 1.807) is 24.5 Å². The molecule has 0 radical (unpaired) electrons. The SMILES string of the molecule is CN(CCc1ncccn1)S(=O)(=O)c1ccc(Cl)s1. The van der Waals surface area contributed by atoms with Crippen molar-refractivity contribution in [2.45, 2.75) is 10.6 Å². The minimum atomic E-state index is -3.48. The number of sulfonamides is 1. The van der Waals surface area contributed by atoms with Crippen molar-refractivity contribution < 1.29 is 8.42 Å². The van der Waals surface area contributed by atoms with Crippen LogP contribution in [0, 0.1) is 0 Å². The van der Waals surface area contributed by atoms with Crippen LogP contribution in [0.5, 0.6) is 0 Å². The van der Waals surface area contributed by atoms with Crippen LogP contribution >= 0.6 is 22.9 Å². The van der Waals surface area contributed by atoms with Crippen LogP contribution in [-0.2, 0) is 16.4 Å². The number of halogens is 1. The molecule has 2 aromatic rings. The van der Waals surface area contributed by atoms with E-state index in [-0.39, 0.29) is 4.21 Å². The van der Waals surface area contributed by atoms with E-state index in [0.717, 1.165) is 11.3 Å². The van der Waals surface area contributed by atoms with Gasteiger partial charge in [-0.05, 0) is 18.2 Å². The summed E-state index contributed by atoms with van der Waals surface area (Å²) in [5.74, 6) is 0.619. The maximum Gasteiger partial charge on any atom is 0.252 e. The molecule has 0 bridgehead atoms. The zero-order valence-electron chi connectivity index (χ0n) is 10.2. The van der Waals surface area contributed by atoms with Gasteiger partial charge >= 0.3 is 0 Å². The van der Waals surface area contributed by atoms with Gasteiger partial charge in [-0.15, -0.1) is 11.3 Å². The zero-order chi connectivity index (χ0) is 13.9. The van der Waals surface area contributed by atoms with Gasteiger partial charge in [-0.1, -0.05) is 11.6 Å². The molecule has 0 aliphatic carbocycles. The summed E-state index contributed by atoms with van der Waals surface area (Å²) in [5.41, 5.74) is 0. The van der Waals surface area contributed by atoms with Crippen molar-refractivity contribution >= 4 is 33.0 Å². The number of aromatic nitrogens is 2. The number of hydrogen-bond donors (Lipinski definition) is 0. The summed E-state index contributed by atoms with van der Waals surface area (Å²) in [6.45, 7) is 0.321. The van der Waals surface area contributed by atoms with E-state index in [0.29, 0.717) is 23.1 Å². The second-order valence-electron chi connectivity index (χ2n) is 3.80. The maximum absolute atomic E-state index is 12.2. The molecule has 2 aromatic heterocycles. The number of nitrogens with zero attached hydrogens (tertiary/aromatic N) is 3. The normalized spacial score (nSPS) is 11.9. The average Bonchev–Trinajstić information content (AvgIpc) is 2.84. The molecule has 0 aromatic carbocycles.